The second-order valence-corrected chi connectivity index (χ2v) is 6.78. The molecule has 0 radical (unpaired) electrons. The van der Waals surface area contributed by atoms with E-state index in [0.717, 1.165) is 5.75 Å². The van der Waals surface area contributed by atoms with E-state index in [1.54, 1.807) is 0 Å². The van der Waals surface area contributed by atoms with E-state index in [1.807, 2.05) is 12.1 Å². The number of aliphatic hydroxyl groups excluding tert-OH is 1. The number of halogens is 1. The minimum absolute atomic E-state index is 0. The van der Waals surface area contributed by atoms with Crippen molar-refractivity contribution in [2.24, 2.45) is 0 Å². The predicted molar refractivity (Wildman–Crippen MR) is 91.8 cm³/mol. The molecular weight excluding hydrogens is 286 g/mol. The topological polar surface area (TPSA) is 41.5 Å². The average molecular weight is 316 g/mol. The van der Waals surface area contributed by atoms with E-state index in [9.17, 15) is 5.11 Å². The SMILES string of the molecule is Cc1ccc(OCC(O)CNC(C)C)c(C(C)(C)C)c1.Cl. The van der Waals surface area contributed by atoms with Gasteiger partial charge in [-0.25, -0.2) is 0 Å². The van der Waals surface area contributed by atoms with Gasteiger partial charge < -0.3 is 15.2 Å². The van der Waals surface area contributed by atoms with Crippen molar-refractivity contribution in [3.05, 3.63) is 29.3 Å². The molecule has 0 spiro atoms. The number of ether oxygens (including phenoxy) is 1. The fourth-order valence-corrected chi connectivity index (χ4v) is 1.97. The zero-order chi connectivity index (χ0) is 15.3. The first-order valence-electron chi connectivity index (χ1n) is 7.35. The van der Waals surface area contributed by atoms with Gasteiger partial charge in [-0.2, -0.15) is 0 Å². The third-order valence-electron chi connectivity index (χ3n) is 3.14. The normalized spacial score (nSPS) is 13.0. The Balaban J connectivity index is 0.00000400. The number of aryl methyl sites for hydroxylation is 1. The lowest BCUT2D eigenvalue weighted by atomic mass is 9.85. The molecule has 0 amide bonds. The largest absolute Gasteiger partial charge is 0.491 e. The lowest BCUT2D eigenvalue weighted by Gasteiger charge is -2.24. The Hall–Kier alpha value is -0.770. The zero-order valence-electron chi connectivity index (χ0n) is 14.1. The Bertz CT molecular complexity index is 427. The molecule has 3 nitrogen and oxygen atoms in total. The van der Waals surface area contributed by atoms with Crippen LogP contribution in [0.5, 0.6) is 5.75 Å². The minimum atomic E-state index is -0.494. The number of hydrogen-bond donors (Lipinski definition) is 2. The molecule has 0 aromatic heterocycles. The molecule has 1 aromatic rings. The molecule has 1 atom stereocenters. The maximum Gasteiger partial charge on any atom is 0.123 e. The van der Waals surface area contributed by atoms with Crippen molar-refractivity contribution < 1.29 is 9.84 Å². The first-order valence-corrected chi connectivity index (χ1v) is 7.35. The molecule has 0 aliphatic heterocycles. The van der Waals surface area contributed by atoms with Crippen LogP contribution in [0.25, 0.3) is 0 Å². The van der Waals surface area contributed by atoms with Crippen molar-refractivity contribution in [3.63, 3.8) is 0 Å². The molecule has 21 heavy (non-hydrogen) atoms. The Morgan fingerprint density at radius 2 is 1.86 bits per heavy atom. The third kappa shape index (κ3) is 7.16. The smallest absolute Gasteiger partial charge is 0.123 e. The van der Waals surface area contributed by atoms with E-state index in [1.165, 1.54) is 11.1 Å². The van der Waals surface area contributed by atoms with E-state index in [4.69, 9.17) is 4.74 Å². The molecule has 2 N–H and O–H groups in total. The Morgan fingerprint density at radius 1 is 1.24 bits per heavy atom. The summed E-state index contributed by atoms with van der Waals surface area (Å²) in [6, 6.07) is 6.57. The van der Waals surface area contributed by atoms with E-state index >= 15 is 0 Å². The number of nitrogens with one attached hydrogen (secondary N) is 1. The quantitative estimate of drug-likeness (QED) is 0.845. The molecule has 0 saturated carbocycles. The van der Waals surface area contributed by atoms with Gasteiger partial charge >= 0.3 is 0 Å². The first-order chi connectivity index (χ1) is 9.20. The molecule has 0 aliphatic rings. The molecule has 4 heteroatoms. The molecule has 0 saturated heterocycles. The van der Waals surface area contributed by atoms with Gasteiger partial charge in [0.15, 0.2) is 0 Å². The van der Waals surface area contributed by atoms with Crippen LogP contribution in [0.15, 0.2) is 18.2 Å². The van der Waals surface area contributed by atoms with Gasteiger partial charge in [-0.05, 0) is 24.0 Å². The molecule has 1 aromatic carbocycles. The van der Waals surface area contributed by atoms with Crippen molar-refractivity contribution in [1.29, 1.82) is 0 Å². The van der Waals surface area contributed by atoms with Crippen LogP contribution in [0.3, 0.4) is 0 Å². The summed E-state index contributed by atoms with van der Waals surface area (Å²) in [5.41, 5.74) is 2.44. The first kappa shape index (κ1) is 20.2. The van der Waals surface area contributed by atoms with E-state index in [0.29, 0.717) is 19.2 Å². The van der Waals surface area contributed by atoms with Gasteiger partial charge in [0, 0.05) is 12.6 Å². The van der Waals surface area contributed by atoms with Crippen LogP contribution in [0.1, 0.15) is 45.7 Å². The minimum Gasteiger partial charge on any atom is -0.491 e. The summed E-state index contributed by atoms with van der Waals surface area (Å²) in [6.45, 7) is 13.6. The van der Waals surface area contributed by atoms with E-state index in [2.05, 4.69) is 52.9 Å². The van der Waals surface area contributed by atoms with Crippen LogP contribution >= 0.6 is 12.4 Å². The summed E-state index contributed by atoms with van der Waals surface area (Å²) in [7, 11) is 0. The summed E-state index contributed by atoms with van der Waals surface area (Å²) in [6.07, 6.45) is -0.494. The fraction of sp³-hybridized carbons (Fsp3) is 0.647. The molecule has 0 fully saturated rings. The van der Waals surface area contributed by atoms with Crippen molar-refractivity contribution in [1.82, 2.24) is 5.32 Å². The number of hydrogen-bond acceptors (Lipinski definition) is 3. The summed E-state index contributed by atoms with van der Waals surface area (Å²) < 4.78 is 5.82. The van der Waals surface area contributed by atoms with Gasteiger partial charge in [-0.1, -0.05) is 52.3 Å². The summed E-state index contributed by atoms with van der Waals surface area (Å²) >= 11 is 0. The van der Waals surface area contributed by atoms with Gasteiger partial charge in [0.1, 0.15) is 18.5 Å². The van der Waals surface area contributed by atoms with Crippen LogP contribution in [-0.4, -0.2) is 30.4 Å². The van der Waals surface area contributed by atoms with E-state index < -0.39 is 6.10 Å². The molecule has 1 unspecified atom stereocenters. The molecular formula is C17H30ClNO2. The number of rotatable bonds is 6. The number of benzene rings is 1. The van der Waals surface area contributed by atoms with Gasteiger partial charge in [0.2, 0.25) is 0 Å². The van der Waals surface area contributed by atoms with Crippen LogP contribution < -0.4 is 10.1 Å². The van der Waals surface area contributed by atoms with Crippen LogP contribution in [0, 0.1) is 6.92 Å². The molecule has 0 heterocycles. The Labute approximate surface area is 135 Å². The van der Waals surface area contributed by atoms with Crippen molar-refractivity contribution in [2.45, 2.75) is 59.1 Å². The van der Waals surface area contributed by atoms with Gasteiger partial charge in [-0.15, -0.1) is 12.4 Å². The Morgan fingerprint density at radius 3 is 2.38 bits per heavy atom. The lowest BCUT2D eigenvalue weighted by molar-refractivity contribution is 0.103. The molecule has 0 aliphatic carbocycles. The highest BCUT2D eigenvalue weighted by molar-refractivity contribution is 5.85. The summed E-state index contributed by atoms with van der Waals surface area (Å²) in [5.74, 6) is 0.867. The van der Waals surface area contributed by atoms with Crippen molar-refractivity contribution in [3.8, 4) is 5.75 Å². The molecule has 1 rings (SSSR count). The second kappa shape index (κ2) is 8.62. The van der Waals surface area contributed by atoms with Crippen molar-refractivity contribution >= 4 is 12.4 Å². The highest BCUT2D eigenvalue weighted by atomic mass is 35.5. The monoisotopic (exact) mass is 315 g/mol. The van der Waals surface area contributed by atoms with Crippen molar-refractivity contribution in [2.75, 3.05) is 13.2 Å². The van der Waals surface area contributed by atoms with Crippen LogP contribution in [0.4, 0.5) is 0 Å². The lowest BCUT2D eigenvalue weighted by Crippen LogP contribution is -2.35. The fourth-order valence-electron chi connectivity index (χ4n) is 1.97. The van der Waals surface area contributed by atoms with Gasteiger partial charge in [0.05, 0.1) is 0 Å². The van der Waals surface area contributed by atoms with Gasteiger partial charge in [-0.3, -0.25) is 0 Å². The second-order valence-electron chi connectivity index (χ2n) is 6.78. The Kier molecular flexibility index (Phi) is 8.30. The van der Waals surface area contributed by atoms with Crippen LogP contribution in [-0.2, 0) is 5.41 Å². The predicted octanol–water partition coefficient (Wildman–Crippen LogP) is 3.45. The van der Waals surface area contributed by atoms with E-state index in [-0.39, 0.29) is 17.8 Å². The maximum absolute atomic E-state index is 9.92. The van der Waals surface area contributed by atoms with Gasteiger partial charge in [0.25, 0.3) is 0 Å². The number of aliphatic hydroxyl groups is 1. The maximum atomic E-state index is 9.92. The molecule has 0 bridgehead atoms. The highest BCUT2D eigenvalue weighted by Gasteiger charge is 2.19. The van der Waals surface area contributed by atoms with Crippen LogP contribution in [0.2, 0.25) is 0 Å². The standard InChI is InChI=1S/C17H29NO2.ClH/c1-12(2)18-10-14(19)11-20-16-8-7-13(3)9-15(16)17(4,5)6;/h7-9,12,14,18-19H,10-11H2,1-6H3;1H. The zero-order valence-corrected chi connectivity index (χ0v) is 14.9. The third-order valence-corrected chi connectivity index (χ3v) is 3.14. The highest BCUT2D eigenvalue weighted by Crippen LogP contribution is 2.32. The summed E-state index contributed by atoms with van der Waals surface area (Å²) in [4.78, 5) is 0. The summed E-state index contributed by atoms with van der Waals surface area (Å²) in [5, 5.41) is 13.1. The molecule has 122 valence electrons. The average Bonchev–Trinajstić information content (AvgIpc) is 2.33.